The zero-order valence-electron chi connectivity index (χ0n) is 22.8. The Morgan fingerprint density at radius 1 is 1.02 bits per heavy atom. The van der Waals surface area contributed by atoms with Gasteiger partial charge in [0.1, 0.15) is 24.0 Å². The van der Waals surface area contributed by atoms with Crippen molar-refractivity contribution in [3.05, 3.63) is 30.6 Å². The third kappa shape index (κ3) is 7.02. The van der Waals surface area contributed by atoms with E-state index in [4.69, 9.17) is 29.4 Å². The van der Waals surface area contributed by atoms with Crippen molar-refractivity contribution < 1.29 is 42.9 Å². The number of esters is 3. The molecule has 3 heterocycles. The number of nitrogens with two attached hydrogens (primary N) is 1. The zero-order chi connectivity index (χ0) is 30.4. The number of hydrogen-bond acceptors (Lipinski definition) is 15. The maximum absolute atomic E-state index is 12.2. The number of anilines is 2. The van der Waals surface area contributed by atoms with Gasteiger partial charge in [-0.05, 0) is 24.3 Å². The standard InChI is InChI=1S/C24H27N9O9/c1-11(34)39-9-16-18(40-12(2)35)19(41-13(3)36)22(42-16)33-10-26-17-20(25)28-23(29-21(17)33)30-32-31-24(37)27-14-5-7-15(38-4)8-6-14/h5-8,10,16,18-19,22H,9H2,1-4H3,(H4,25,27,28,29,30,31,37)/t16-,18-,19-,22-/m1/s1. The molecule has 1 fully saturated rings. The maximum atomic E-state index is 12.2. The number of urea groups is 1. The Balaban J connectivity index is 1.58. The van der Waals surface area contributed by atoms with E-state index in [2.05, 4.69) is 36.0 Å². The lowest BCUT2D eigenvalue weighted by Crippen LogP contribution is -2.40. The summed E-state index contributed by atoms with van der Waals surface area (Å²) in [6, 6.07) is 5.90. The van der Waals surface area contributed by atoms with E-state index < -0.39 is 48.5 Å². The van der Waals surface area contributed by atoms with Crippen LogP contribution in [0.2, 0.25) is 0 Å². The van der Waals surface area contributed by atoms with Gasteiger partial charge in [0, 0.05) is 26.5 Å². The third-order valence-corrected chi connectivity index (χ3v) is 5.69. The molecule has 4 rings (SSSR count). The summed E-state index contributed by atoms with van der Waals surface area (Å²) in [5.41, 5.74) is 8.96. The van der Waals surface area contributed by atoms with E-state index in [9.17, 15) is 19.2 Å². The third-order valence-electron chi connectivity index (χ3n) is 5.69. The van der Waals surface area contributed by atoms with Crippen LogP contribution >= 0.6 is 0 Å². The first kappa shape index (κ1) is 29.6. The molecule has 1 saturated heterocycles. The lowest BCUT2D eigenvalue weighted by atomic mass is 10.1. The molecule has 0 spiro atoms. The van der Waals surface area contributed by atoms with Crippen molar-refractivity contribution in [3.8, 4) is 5.75 Å². The highest BCUT2D eigenvalue weighted by Gasteiger charge is 2.51. The molecule has 18 heteroatoms. The van der Waals surface area contributed by atoms with E-state index >= 15 is 0 Å². The van der Waals surface area contributed by atoms with Crippen molar-refractivity contribution in [2.24, 2.45) is 10.3 Å². The molecule has 0 radical (unpaired) electrons. The molecular formula is C24H27N9O9. The minimum absolute atomic E-state index is 0.0783. The fourth-order valence-corrected chi connectivity index (χ4v) is 4.02. The lowest BCUT2D eigenvalue weighted by Gasteiger charge is -2.23. The van der Waals surface area contributed by atoms with E-state index in [-0.39, 0.29) is 29.5 Å². The second kappa shape index (κ2) is 12.9. The molecule has 4 N–H and O–H groups in total. The number of nitrogen functional groups attached to an aromatic ring is 1. The summed E-state index contributed by atoms with van der Waals surface area (Å²) < 4.78 is 28.3. The van der Waals surface area contributed by atoms with Gasteiger partial charge in [0.2, 0.25) is 0 Å². The van der Waals surface area contributed by atoms with Gasteiger partial charge in [0.15, 0.2) is 29.9 Å². The van der Waals surface area contributed by atoms with Gasteiger partial charge in [-0.2, -0.15) is 9.97 Å². The molecule has 2 aromatic heterocycles. The molecule has 0 saturated carbocycles. The number of carbonyl (C=O) groups excluding carboxylic acids is 4. The average Bonchev–Trinajstić information content (AvgIpc) is 3.49. The van der Waals surface area contributed by atoms with Gasteiger partial charge in [-0.15, -0.1) is 0 Å². The largest absolute Gasteiger partial charge is 0.497 e. The molecule has 4 atom stereocenters. The summed E-state index contributed by atoms with van der Waals surface area (Å²) >= 11 is 0. The number of nitrogens with zero attached hydrogens (tertiary/aromatic N) is 6. The second-order valence-electron chi connectivity index (χ2n) is 8.74. The minimum atomic E-state index is -1.19. The number of benzene rings is 1. The van der Waals surface area contributed by atoms with Gasteiger partial charge < -0.3 is 34.7 Å². The van der Waals surface area contributed by atoms with E-state index in [1.807, 2.05) is 0 Å². The monoisotopic (exact) mass is 585 g/mol. The highest BCUT2D eigenvalue weighted by Crippen LogP contribution is 2.36. The van der Waals surface area contributed by atoms with Crippen molar-refractivity contribution in [3.63, 3.8) is 0 Å². The maximum Gasteiger partial charge on any atom is 0.341 e. The number of nitrogens with one attached hydrogen (secondary N) is 2. The molecule has 18 nitrogen and oxygen atoms in total. The SMILES string of the molecule is COc1ccc(NC(=O)N/N=N/c2nc(N)c3ncn([C@@H]4O[C@H](COC(C)=O)[C@@H](OC(C)=O)[C@H]4OC(C)=O)c3n2)cc1. The number of aromatic nitrogens is 4. The van der Waals surface area contributed by atoms with E-state index in [1.165, 1.54) is 38.8 Å². The summed E-state index contributed by atoms with van der Waals surface area (Å²) in [7, 11) is 1.52. The summed E-state index contributed by atoms with van der Waals surface area (Å²) in [4.78, 5) is 59.9. The van der Waals surface area contributed by atoms with Crippen molar-refractivity contribution >= 4 is 52.6 Å². The van der Waals surface area contributed by atoms with Crippen molar-refractivity contribution in [2.45, 2.75) is 45.3 Å². The Morgan fingerprint density at radius 2 is 1.71 bits per heavy atom. The Labute approximate surface area is 237 Å². The number of hydrogen-bond donors (Lipinski definition) is 3. The van der Waals surface area contributed by atoms with Crippen LogP contribution in [0.1, 0.15) is 27.0 Å². The first-order valence-electron chi connectivity index (χ1n) is 12.3. The molecule has 1 aliphatic heterocycles. The molecule has 0 bridgehead atoms. The molecule has 1 aliphatic rings. The number of imidazole rings is 1. The summed E-state index contributed by atoms with van der Waals surface area (Å²) in [5.74, 6) is -1.67. The van der Waals surface area contributed by atoms with Crippen LogP contribution < -0.4 is 21.2 Å². The van der Waals surface area contributed by atoms with Crippen molar-refractivity contribution in [2.75, 3.05) is 24.8 Å². The van der Waals surface area contributed by atoms with Gasteiger partial charge >= 0.3 is 23.9 Å². The minimum Gasteiger partial charge on any atom is -0.497 e. The number of ether oxygens (including phenoxy) is 5. The average molecular weight is 586 g/mol. The van der Waals surface area contributed by atoms with Gasteiger partial charge in [0.05, 0.1) is 13.4 Å². The van der Waals surface area contributed by atoms with Crippen LogP contribution in [0.5, 0.6) is 5.75 Å². The highest BCUT2D eigenvalue weighted by atomic mass is 16.7. The molecule has 1 aromatic carbocycles. The molecule has 222 valence electrons. The molecule has 2 amide bonds. The van der Waals surface area contributed by atoms with Crippen LogP contribution in [0.15, 0.2) is 40.9 Å². The number of fused-ring (bicyclic) bond motifs is 1. The molecule has 0 unspecified atom stereocenters. The molecule has 0 aliphatic carbocycles. The fraction of sp³-hybridized carbons (Fsp3) is 0.375. The van der Waals surface area contributed by atoms with Crippen LogP contribution in [-0.2, 0) is 33.3 Å². The predicted octanol–water partition coefficient (Wildman–Crippen LogP) is 1.56. The topological polar surface area (TPSA) is 233 Å². The summed E-state index contributed by atoms with van der Waals surface area (Å²) in [6.07, 6.45) is -3.17. The van der Waals surface area contributed by atoms with Crippen LogP contribution in [0.4, 0.5) is 22.2 Å². The molecule has 42 heavy (non-hydrogen) atoms. The van der Waals surface area contributed by atoms with Gasteiger partial charge in [-0.1, -0.05) is 10.3 Å². The number of rotatable bonds is 9. The number of amides is 2. The molecule has 3 aromatic rings. The Kier molecular flexibility index (Phi) is 9.05. The van der Waals surface area contributed by atoms with Crippen molar-refractivity contribution in [1.29, 1.82) is 0 Å². The van der Waals surface area contributed by atoms with Gasteiger partial charge in [-0.25, -0.2) is 15.2 Å². The Morgan fingerprint density at radius 3 is 2.36 bits per heavy atom. The Bertz CT molecular complexity index is 1510. The van der Waals surface area contributed by atoms with E-state index in [0.717, 1.165) is 0 Å². The van der Waals surface area contributed by atoms with E-state index in [1.54, 1.807) is 24.3 Å². The summed E-state index contributed by atoms with van der Waals surface area (Å²) in [5, 5.41) is 9.96. The quantitative estimate of drug-likeness (QED) is 0.140. The highest BCUT2D eigenvalue weighted by molar-refractivity contribution is 5.89. The van der Waals surface area contributed by atoms with E-state index in [0.29, 0.717) is 11.4 Å². The molecular weight excluding hydrogens is 558 g/mol. The van der Waals surface area contributed by atoms with Crippen LogP contribution in [-0.4, -0.2) is 75.5 Å². The Hall–Kier alpha value is -5.39. The predicted molar refractivity (Wildman–Crippen MR) is 141 cm³/mol. The number of carbonyl (C=O) groups is 4. The first-order chi connectivity index (χ1) is 20.0. The van der Waals surface area contributed by atoms with Gasteiger partial charge in [-0.3, -0.25) is 19.0 Å². The van der Waals surface area contributed by atoms with Crippen molar-refractivity contribution in [1.82, 2.24) is 24.9 Å². The normalized spacial score (nSPS) is 19.8. The van der Waals surface area contributed by atoms with Crippen LogP contribution in [0, 0.1) is 0 Å². The summed E-state index contributed by atoms with van der Waals surface area (Å²) in [6.45, 7) is 3.25. The smallest absolute Gasteiger partial charge is 0.341 e. The lowest BCUT2D eigenvalue weighted by molar-refractivity contribution is -0.166. The number of methoxy groups -OCH3 is 1. The van der Waals surface area contributed by atoms with Crippen LogP contribution in [0.25, 0.3) is 11.2 Å². The zero-order valence-corrected chi connectivity index (χ0v) is 22.8. The second-order valence-corrected chi connectivity index (χ2v) is 8.74. The van der Waals surface area contributed by atoms with Gasteiger partial charge in [0.25, 0.3) is 5.95 Å². The fourth-order valence-electron chi connectivity index (χ4n) is 4.02. The first-order valence-corrected chi connectivity index (χ1v) is 12.3. The van der Waals surface area contributed by atoms with Crippen LogP contribution in [0.3, 0.4) is 0 Å².